The van der Waals surface area contributed by atoms with Crippen LogP contribution in [0.5, 0.6) is 5.75 Å². The van der Waals surface area contributed by atoms with Crippen LogP contribution in [-0.2, 0) is 0 Å². The number of nitrogen functional groups attached to an aromatic ring is 1. The molecule has 1 fully saturated rings. The molecule has 1 aliphatic rings. The lowest BCUT2D eigenvalue weighted by Gasteiger charge is -2.37. The van der Waals surface area contributed by atoms with Crippen molar-refractivity contribution in [1.82, 2.24) is 0 Å². The maximum atomic E-state index is 9.93. The van der Waals surface area contributed by atoms with E-state index in [1.54, 1.807) is 7.11 Å². The number of rotatable bonds is 2. The van der Waals surface area contributed by atoms with Gasteiger partial charge in [0.15, 0.2) is 0 Å². The SMILES string of the molecule is COc1ccc(N)c(N2CCC(C)(O)CC2)c1. The molecule has 1 aromatic carbocycles. The van der Waals surface area contributed by atoms with E-state index in [9.17, 15) is 5.11 Å². The summed E-state index contributed by atoms with van der Waals surface area (Å²) in [4.78, 5) is 2.20. The fraction of sp³-hybridized carbons (Fsp3) is 0.538. The van der Waals surface area contributed by atoms with Crippen LogP contribution in [0.15, 0.2) is 18.2 Å². The number of benzene rings is 1. The van der Waals surface area contributed by atoms with Gasteiger partial charge in [-0.2, -0.15) is 0 Å². The van der Waals surface area contributed by atoms with Crippen molar-refractivity contribution in [1.29, 1.82) is 0 Å². The molecule has 1 aromatic rings. The second-order valence-electron chi connectivity index (χ2n) is 4.91. The largest absolute Gasteiger partial charge is 0.497 e. The summed E-state index contributed by atoms with van der Waals surface area (Å²) in [6, 6.07) is 5.68. The zero-order chi connectivity index (χ0) is 12.5. The Labute approximate surface area is 102 Å². The molecular formula is C13H20N2O2. The first kappa shape index (κ1) is 12.0. The highest BCUT2D eigenvalue weighted by atomic mass is 16.5. The zero-order valence-electron chi connectivity index (χ0n) is 10.4. The molecule has 0 atom stereocenters. The molecule has 1 saturated heterocycles. The number of nitrogens with two attached hydrogens (primary N) is 1. The van der Waals surface area contributed by atoms with Crippen LogP contribution in [0.4, 0.5) is 11.4 Å². The summed E-state index contributed by atoms with van der Waals surface area (Å²) in [5, 5.41) is 9.93. The quantitative estimate of drug-likeness (QED) is 0.766. The Kier molecular flexibility index (Phi) is 3.15. The molecule has 1 aliphatic heterocycles. The van der Waals surface area contributed by atoms with Crippen molar-refractivity contribution in [2.45, 2.75) is 25.4 Å². The Morgan fingerprint density at radius 3 is 2.59 bits per heavy atom. The van der Waals surface area contributed by atoms with Gasteiger partial charge in [-0.25, -0.2) is 0 Å². The lowest BCUT2D eigenvalue weighted by atomic mass is 9.93. The molecule has 4 nitrogen and oxygen atoms in total. The predicted octanol–water partition coefficient (Wildman–Crippen LogP) is 1.63. The number of piperidine rings is 1. The van der Waals surface area contributed by atoms with Crippen molar-refractivity contribution >= 4 is 11.4 Å². The van der Waals surface area contributed by atoms with Crippen molar-refractivity contribution < 1.29 is 9.84 Å². The average Bonchev–Trinajstić information content (AvgIpc) is 2.30. The van der Waals surface area contributed by atoms with Crippen LogP contribution in [0.25, 0.3) is 0 Å². The highest BCUT2D eigenvalue weighted by Crippen LogP contribution is 2.32. The topological polar surface area (TPSA) is 58.7 Å². The van der Waals surface area contributed by atoms with Gasteiger partial charge < -0.3 is 20.5 Å². The molecule has 4 heteroatoms. The van der Waals surface area contributed by atoms with Gasteiger partial charge in [0, 0.05) is 19.2 Å². The Balaban J connectivity index is 2.17. The molecule has 0 aromatic heterocycles. The first-order valence-corrected chi connectivity index (χ1v) is 5.93. The van der Waals surface area contributed by atoms with Gasteiger partial charge in [0.05, 0.1) is 24.1 Å². The number of methoxy groups -OCH3 is 1. The van der Waals surface area contributed by atoms with Gasteiger partial charge in [-0.15, -0.1) is 0 Å². The molecule has 0 bridgehead atoms. The molecule has 3 N–H and O–H groups in total. The fourth-order valence-electron chi connectivity index (χ4n) is 2.15. The van der Waals surface area contributed by atoms with E-state index in [4.69, 9.17) is 10.5 Å². The monoisotopic (exact) mass is 236 g/mol. The first-order valence-electron chi connectivity index (χ1n) is 5.93. The van der Waals surface area contributed by atoms with Crippen molar-refractivity contribution in [2.75, 3.05) is 30.8 Å². The average molecular weight is 236 g/mol. The number of hydrogen-bond donors (Lipinski definition) is 2. The minimum absolute atomic E-state index is 0.538. The summed E-state index contributed by atoms with van der Waals surface area (Å²) in [5.74, 6) is 0.812. The van der Waals surface area contributed by atoms with E-state index in [1.807, 2.05) is 25.1 Å². The highest BCUT2D eigenvalue weighted by molar-refractivity contribution is 5.69. The normalized spacial score (nSPS) is 19.1. The summed E-state index contributed by atoms with van der Waals surface area (Å²) in [5.41, 5.74) is 7.20. The summed E-state index contributed by atoms with van der Waals surface area (Å²) in [6.45, 7) is 3.54. The summed E-state index contributed by atoms with van der Waals surface area (Å²) in [7, 11) is 1.65. The van der Waals surface area contributed by atoms with E-state index in [0.717, 1.165) is 43.1 Å². The number of nitrogens with zero attached hydrogens (tertiary/aromatic N) is 1. The van der Waals surface area contributed by atoms with Gasteiger partial charge in [0.25, 0.3) is 0 Å². The van der Waals surface area contributed by atoms with Crippen LogP contribution in [0.1, 0.15) is 19.8 Å². The van der Waals surface area contributed by atoms with Gasteiger partial charge in [0.2, 0.25) is 0 Å². The Morgan fingerprint density at radius 1 is 1.35 bits per heavy atom. The number of anilines is 2. The standard InChI is InChI=1S/C13H20N2O2/c1-13(16)5-7-15(8-6-13)12-9-10(17-2)3-4-11(12)14/h3-4,9,16H,5-8,14H2,1-2H3. The number of hydrogen-bond acceptors (Lipinski definition) is 4. The third kappa shape index (κ3) is 2.64. The minimum Gasteiger partial charge on any atom is -0.497 e. The summed E-state index contributed by atoms with van der Waals surface area (Å²) < 4.78 is 5.21. The van der Waals surface area contributed by atoms with Crippen LogP contribution >= 0.6 is 0 Å². The Morgan fingerprint density at radius 2 is 2.00 bits per heavy atom. The zero-order valence-corrected chi connectivity index (χ0v) is 10.4. The fourth-order valence-corrected chi connectivity index (χ4v) is 2.15. The summed E-state index contributed by atoms with van der Waals surface area (Å²) in [6.07, 6.45) is 1.54. The molecule has 0 amide bonds. The molecule has 1 heterocycles. The van der Waals surface area contributed by atoms with Gasteiger partial charge in [0.1, 0.15) is 5.75 Å². The van der Waals surface area contributed by atoms with E-state index < -0.39 is 5.60 Å². The van der Waals surface area contributed by atoms with Gasteiger partial charge in [-0.1, -0.05) is 0 Å². The van der Waals surface area contributed by atoms with E-state index in [1.165, 1.54) is 0 Å². The molecule has 94 valence electrons. The van der Waals surface area contributed by atoms with Crippen molar-refractivity contribution in [2.24, 2.45) is 0 Å². The summed E-state index contributed by atoms with van der Waals surface area (Å²) >= 11 is 0. The van der Waals surface area contributed by atoms with Crippen molar-refractivity contribution in [3.8, 4) is 5.75 Å². The third-order valence-electron chi connectivity index (χ3n) is 3.42. The van der Waals surface area contributed by atoms with Crippen LogP contribution in [0, 0.1) is 0 Å². The first-order chi connectivity index (χ1) is 8.02. The lowest BCUT2D eigenvalue weighted by Crippen LogP contribution is -2.42. The molecule has 2 rings (SSSR count). The van der Waals surface area contributed by atoms with E-state index >= 15 is 0 Å². The molecule has 0 aliphatic carbocycles. The third-order valence-corrected chi connectivity index (χ3v) is 3.42. The Hall–Kier alpha value is -1.42. The number of ether oxygens (including phenoxy) is 1. The Bertz CT molecular complexity index is 394. The minimum atomic E-state index is -0.538. The molecular weight excluding hydrogens is 216 g/mol. The smallest absolute Gasteiger partial charge is 0.121 e. The van der Waals surface area contributed by atoms with Crippen molar-refractivity contribution in [3.63, 3.8) is 0 Å². The van der Waals surface area contributed by atoms with Gasteiger partial charge in [-0.05, 0) is 31.9 Å². The second kappa shape index (κ2) is 4.45. The molecule has 0 spiro atoms. The van der Waals surface area contributed by atoms with Crippen LogP contribution in [0.3, 0.4) is 0 Å². The predicted molar refractivity (Wildman–Crippen MR) is 69.5 cm³/mol. The molecule has 0 radical (unpaired) electrons. The van der Waals surface area contributed by atoms with Crippen molar-refractivity contribution in [3.05, 3.63) is 18.2 Å². The van der Waals surface area contributed by atoms with E-state index in [-0.39, 0.29) is 0 Å². The maximum absolute atomic E-state index is 9.93. The maximum Gasteiger partial charge on any atom is 0.121 e. The van der Waals surface area contributed by atoms with Crippen LogP contribution in [0.2, 0.25) is 0 Å². The second-order valence-corrected chi connectivity index (χ2v) is 4.91. The van der Waals surface area contributed by atoms with E-state index in [2.05, 4.69) is 4.90 Å². The molecule has 0 unspecified atom stereocenters. The molecule has 17 heavy (non-hydrogen) atoms. The van der Waals surface area contributed by atoms with Crippen LogP contribution < -0.4 is 15.4 Å². The van der Waals surface area contributed by atoms with Gasteiger partial charge >= 0.3 is 0 Å². The number of aliphatic hydroxyl groups is 1. The van der Waals surface area contributed by atoms with E-state index in [0.29, 0.717) is 0 Å². The van der Waals surface area contributed by atoms with Crippen LogP contribution in [-0.4, -0.2) is 30.9 Å². The highest BCUT2D eigenvalue weighted by Gasteiger charge is 2.28. The molecule has 0 saturated carbocycles. The lowest BCUT2D eigenvalue weighted by molar-refractivity contribution is 0.0351. The van der Waals surface area contributed by atoms with Gasteiger partial charge in [-0.3, -0.25) is 0 Å².